The van der Waals surface area contributed by atoms with Crippen molar-refractivity contribution in [1.82, 2.24) is 9.97 Å². The third-order valence-electron chi connectivity index (χ3n) is 3.09. The van der Waals surface area contributed by atoms with Crippen molar-refractivity contribution in [2.45, 2.75) is 19.8 Å². The maximum atomic E-state index is 11.5. The number of benzene rings is 1. The number of nitrogens with one attached hydrogen (secondary N) is 1. The van der Waals surface area contributed by atoms with Gasteiger partial charge < -0.3 is 14.5 Å². The van der Waals surface area contributed by atoms with Crippen molar-refractivity contribution in [3.05, 3.63) is 41.7 Å². The first kappa shape index (κ1) is 15.8. The number of nitrogens with zero attached hydrogens (tertiary/aromatic N) is 1. The van der Waals surface area contributed by atoms with Gasteiger partial charge in [-0.25, -0.2) is 14.6 Å². The molecular weight excluding hydrogens is 284 g/mol. The fourth-order valence-corrected chi connectivity index (χ4v) is 1.95. The number of ether oxygens (including phenoxy) is 2. The van der Waals surface area contributed by atoms with Gasteiger partial charge in [-0.3, -0.25) is 0 Å². The second kappa shape index (κ2) is 6.89. The number of carbonyl (C=O) groups is 2. The van der Waals surface area contributed by atoms with Crippen LogP contribution in [0.4, 0.5) is 0 Å². The van der Waals surface area contributed by atoms with E-state index in [4.69, 9.17) is 4.74 Å². The Labute approximate surface area is 128 Å². The molecule has 0 radical (unpaired) electrons. The van der Waals surface area contributed by atoms with E-state index >= 15 is 0 Å². The first-order chi connectivity index (χ1) is 10.5. The van der Waals surface area contributed by atoms with E-state index in [1.807, 2.05) is 0 Å². The highest BCUT2D eigenvalue weighted by molar-refractivity contribution is 5.93. The minimum absolute atomic E-state index is 0.316. The molecule has 0 saturated heterocycles. The topological polar surface area (TPSA) is 81.3 Å². The third-order valence-corrected chi connectivity index (χ3v) is 3.09. The third kappa shape index (κ3) is 3.72. The zero-order chi connectivity index (χ0) is 16.1. The minimum atomic E-state index is -0.384. The fraction of sp³-hybridized carbons (Fsp3) is 0.312. The van der Waals surface area contributed by atoms with Crippen LogP contribution in [0.3, 0.4) is 0 Å². The van der Waals surface area contributed by atoms with Gasteiger partial charge in [0.25, 0.3) is 0 Å². The monoisotopic (exact) mass is 302 g/mol. The van der Waals surface area contributed by atoms with Crippen LogP contribution in [0.2, 0.25) is 0 Å². The lowest BCUT2D eigenvalue weighted by Crippen LogP contribution is -2.07. The summed E-state index contributed by atoms with van der Waals surface area (Å²) in [4.78, 5) is 30.3. The van der Waals surface area contributed by atoms with E-state index in [-0.39, 0.29) is 11.9 Å². The Balaban J connectivity index is 1.96. The Bertz CT molecular complexity index is 718. The summed E-state index contributed by atoms with van der Waals surface area (Å²) in [6.45, 7) is 5.45. The van der Waals surface area contributed by atoms with Crippen LogP contribution in [0.5, 0.6) is 0 Å². The number of hydrogen-bond acceptors (Lipinski definition) is 5. The number of fused-ring (bicyclic) bond motifs is 1. The van der Waals surface area contributed by atoms with Crippen molar-refractivity contribution in [2.75, 3.05) is 13.7 Å². The molecular formula is C16H18N2O4. The smallest absolute Gasteiger partial charge is 0.337 e. The highest BCUT2D eigenvalue weighted by Crippen LogP contribution is 2.15. The number of esters is 2. The van der Waals surface area contributed by atoms with Crippen molar-refractivity contribution in [2.24, 2.45) is 0 Å². The number of hydrogen-bond donors (Lipinski definition) is 1. The molecule has 0 saturated carbocycles. The van der Waals surface area contributed by atoms with Gasteiger partial charge in [-0.15, -0.1) is 0 Å². The number of carbonyl (C=O) groups excluding carboxylic acids is 2. The van der Waals surface area contributed by atoms with Crippen molar-refractivity contribution >= 4 is 23.0 Å². The largest absolute Gasteiger partial charge is 0.465 e. The van der Waals surface area contributed by atoms with Crippen LogP contribution < -0.4 is 0 Å². The molecule has 2 rings (SSSR count). The van der Waals surface area contributed by atoms with Gasteiger partial charge >= 0.3 is 11.9 Å². The molecule has 1 N–H and O–H groups in total. The highest BCUT2D eigenvalue weighted by atomic mass is 16.5. The van der Waals surface area contributed by atoms with Crippen LogP contribution in [-0.4, -0.2) is 35.6 Å². The number of imidazole rings is 1. The summed E-state index contributed by atoms with van der Waals surface area (Å²) in [5.41, 5.74) is 2.41. The van der Waals surface area contributed by atoms with Crippen LogP contribution in [-0.2, 0) is 20.7 Å². The van der Waals surface area contributed by atoms with Gasteiger partial charge in [0.1, 0.15) is 5.82 Å². The molecule has 6 nitrogen and oxygen atoms in total. The number of aromatic nitrogens is 2. The molecule has 0 unspecified atom stereocenters. The summed E-state index contributed by atoms with van der Waals surface area (Å²) in [6, 6.07) is 5.15. The van der Waals surface area contributed by atoms with Gasteiger partial charge in [-0.1, -0.05) is 6.58 Å². The van der Waals surface area contributed by atoms with Gasteiger partial charge in [0.05, 0.1) is 30.3 Å². The lowest BCUT2D eigenvalue weighted by molar-refractivity contribution is -0.139. The van der Waals surface area contributed by atoms with Crippen molar-refractivity contribution in [3.63, 3.8) is 0 Å². The Morgan fingerprint density at radius 2 is 2.14 bits per heavy atom. The number of methoxy groups -OCH3 is 1. The first-order valence-electron chi connectivity index (χ1n) is 6.91. The maximum absolute atomic E-state index is 11.5. The second-order valence-electron chi connectivity index (χ2n) is 4.93. The first-order valence-corrected chi connectivity index (χ1v) is 6.91. The van der Waals surface area contributed by atoms with Crippen LogP contribution in [0, 0.1) is 0 Å². The summed E-state index contributed by atoms with van der Waals surface area (Å²) in [5, 5.41) is 0. The Kier molecular flexibility index (Phi) is 4.93. The molecule has 0 fully saturated rings. The average Bonchev–Trinajstić information content (AvgIpc) is 2.92. The molecule has 116 valence electrons. The zero-order valence-corrected chi connectivity index (χ0v) is 12.6. The summed E-state index contributed by atoms with van der Waals surface area (Å²) in [6.07, 6.45) is 1.30. The van der Waals surface area contributed by atoms with E-state index in [1.165, 1.54) is 7.11 Å². The van der Waals surface area contributed by atoms with Crippen LogP contribution in [0.15, 0.2) is 30.4 Å². The number of rotatable bonds is 6. The zero-order valence-electron chi connectivity index (χ0n) is 12.6. The lowest BCUT2D eigenvalue weighted by Gasteiger charge is -2.02. The number of aromatic amines is 1. The quantitative estimate of drug-likeness (QED) is 0.503. The molecule has 0 spiro atoms. The fourth-order valence-electron chi connectivity index (χ4n) is 1.95. The normalized spacial score (nSPS) is 10.5. The van der Waals surface area contributed by atoms with E-state index in [2.05, 4.69) is 21.3 Å². The van der Waals surface area contributed by atoms with Gasteiger partial charge in [-0.2, -0.15) is 0 Å². The van der Waals surface area contributed by atoms with E-state index in [9.17, 15) is 9.59 Å². The predicted octanol–water partition coefficient (Wildman–Crippen LogP) is 2.40. The lowest BCUT2D eigenvalue weighted by atomic mass is 10.2. The second-order valence-corrected chi connectivity index (χ2v) is 4.93. The average molecular weight is 302 g/mol. The molecule has 22 heavy (non-hydrogen) atoms. The molecule has 0 aliphatic carbocycles. The van der Waals surface area contributed by atoms with Crippen molar-refractivity contribution in [3.8, 4) is 0 Å². The molecule has 0 bridgehead atoms. The van der Waals surface area contributed by atoms with E-state index in [0.29, 0.717) is 30.6 Å². The van der Waals surface area contributed by atoms with Crippen LogP contribution in [0.1, 0.15) is 29.5 Å². The molecule has 0 aliphatic rings. The molecule has 0 aliphatic heterocycles. The van der Waals surface area contributed by atoms with E-state index < -0.39 is 0 Å². The summed E-state index contributed by atoms with van der Waals surface area (Å²) >= 11 is 0. The summed E-state index contributed by atoms with van der Waals surface area (Å²) in [7, 11) is 1.34. The van der Waals surface area contributed by atoms with Crippen molar-refractivity contribution < 1.29 is 19.1 Å². The summed E-state index contributed by atoms with van der Waals surface area (Å²) < 4.78 is 9.71. The molecule has 1 aromatic carbocycles. The molecule has 1 heterocycles. The number of aryl methyl sites for hydroxylation is 1. The Morgan fingerprint density at radius 1 is 1.36 bits per heavy atom. The van der Waals surface area contributed by atoms with E-state index in [0.717, 1.165) is 16.9 Å². The molecule has 1 aromatic heterocycles. The highest BCUT2D eigenvalue weighted by Gasteiger charge is 2.09. The van der Waals surface area contributed by atoms with Crippen LogP contribution in [0.25, 0.3) is 11.0 Å². The van der Waals surface area contributed by atoms with Gasteiger partial charge in [0, 0.05) is 12.0 Å². The molecule has 0 atom stereocenters. The van der Waals surface area contributed by atoms with Gasteiger partial charge in [0.15, 0.2) is 0 Å². The minimum Gasteiger partial charge on any atom is -0.465 e. The maximum Gasteiger partial charge on any atom is 0.337 e. The Hall–Kier alpha value is -2.63. The molecule has 0 amide bonds. The molecule has 6 heteroatoms. The predicted molar refractivity (Wildman–Crippen MR) is 81.5 cm³/mol. The summed E-state index contributed by atoms with van der Waals surface area (Å²) in [5.74, 6) is 0.0143. The SMILES string of the molecule is C=C(C)C(=O)OCCCc1nc2ccc(C(=O)OC)cc2[nH]1. The number of H-pyrrole nitrogens is 1. The van der Waals surface area contributed by atoms with Crippen molar-refractivity contribution in [1.29, 1.82) is 0 Å². The van der Waals surface area contributed by atoms with Crippen LogP contribution >= 0.6 is 0 Å². The Morgan fingerprint density at radius 3 is 2.82 bits per heavy atom. The molecule has 2 aromatic rings. The van der Waals surface area contributed by atoms with Gasteiger partial charge in [0.2, 0.25) is 0 Å². The van der Waals surface area contributed by atoms with Gasteiger partial charge in [-0.05, 0) is 31.5 Å². The standard InChI is InChI=1S/C16H18N2O4/c1-10(2)15(19)22-8-4-5-14-17-12-7-6-11(16(20)21-3)9-13(12)18-14/h6-7,9H,1,4-5,8H2,2-3H3,(H,17,18). The van der Waals surface area contributed by atoms with E-state index in [1.54, 1.807) is 25.1 Å².